The molecule has 0 amide bonds. The second-order valence-electron chi connectivity index (χ2n) is 4.19. The minimum atomic E-state index is -1.02. The third-order valence-electron chi connectivity index (χ3n) is 2.99. The van der Waals surface area contributed by atoms with Crippen molar-refractivity contribution in [2.45, 2.75) is 42.1 Å². The Labute approximate surface area is 104 Å². The van der Waals surface area contributed by atoms with Crippen molar-refractivity contribution in [2.24, 2.45) is 0 Å². The topological polar surface area (TPSA) is 59.7 Å². The van der Waals surface area contributed by atoms with E-state index in [2.05, 4.69) is 0 Å². The predicted octanol–water partition coefficient (Wildman–Crippen LogP) is 3.03. The van der Waals surface area contributed by atoms with E-state index in [-0.39, 0.29) is 5.76 Å². The highest BCUT2D eigenvalue weighted by Crippen LogP contribution is 2.35. The Morgan fingerprint density at radius 2 is 2.35 bits per heavy atom. The van der Waals surface area contributed by atoms with Crippen LogP contribution in [0.1, 0.15) is 36.2 Å². The van der Waals surface area contributed by atoms with Gasteiger partial charge < -0.3 is 14.3 Å². The number of carboxylic acid groups (broad SMARTS) is 1. The van der Waals surface area contributed by atoms with E-state index in [9.17, 15) is 4.79 Å². The number of rotatable bonds is 4. The summed E-state index contributed by atoms with van der Waals surface area (Å²) >= 11 is 1.61. The summed E-state index contributed by atoms with van der Waals surface area (Å²) in [5.74, 6) is -1.01. The van der Waals surface area contributed by atoms with Crippen LogP contribution in [0.3, 0.4) is 0 Å². The molecule has 2 rings (SSSR count). The average molecular weight is 256 g/mol. The summed E-state index contributed by atoms with van der Waals surface area (Å²) in [5.41, 5.74) is 0. The van der Waals surface area contributed by atoms with Crippen molar-refractivity contribution in [2.75, 3.05) is 7.11 Å². The van der Waals surface area contributed by atoms with Gasteiger partial charge in [-0.2, -0.15) is 0 Å². The maximum absolute atomic E-state index is 10.7. The van der Waals surface area contributed by atoms with Crippen LogP contribution in [0.4, 0.5) is 0 Å². The van der Waals surface area contributed by atoms with Gasteiger partial charge in [-0.3, -0.25) is 0 Å². The summed E-state index contributed by atoms with van der Waals surface area (Å²) < 4.78 is 10.6. The predicted molar refractivity (Wildman–Crippen MR) is 64.6 cm³/mol. The van der Waals surface area contributed by atoms with Crippen LogP contribution in [-0.4, -0.2) is 29.5 Å². The first-order chi connectivity index (χ1) is 8.19. The summed E-state index contributed by atoms with van der Waals surface area (Å²) in [7, 11) is 1.74. The highest BCUT2D eigenvalue weighted by molar-refractivity contribution is 7.99. The monoisotopic (exact) mass is 256 g/mol. The van der Waals surface area contributed by atoms with E-state index in [0.717, 1.165) is 25.7 Å². The van der Waals surface area contributed by atoms with Gasteiger partial charge in [-0.1, -0.05) is 11.8 Å². The Morgan fingerprint density at radius 1 is 1.53 bits per heavy atom. The van der Waals surface area contributed by atoms with Crippen molar-refractivity contribution in [3.8, 4) is 0 Å². The molecule has 1 aliphatic carbocycles. The molecule has 0 aliphatic heterocycles. The third-order valence-corrected chi connectivity index (χ3v) is 4.20. The van der Waals surface area contributed by atoms with Crippen molar-refractivity contribution >= 4 is 17.7 Å². The zero-order valence-electron chi connectivity index (χ0n) is 9.72. The Hall–Kier alpha value is -0.940. The van der Waals surface area contributed by atoms with Gasteiger partial charge in [-0.25, -0.2) is 4.79 Å². The smallest absolute Gasteiger partial charge is 0.371 e. The van der Waals surface area contributed by atoms with Crippen LogP contribution in [0.25, 0.3) is 0 Å². The maximum Gasteiger partial charge on any atom is 0.371 e. The molecule has 0 saturated heterocycles. The Morgan fingerprint density at radius 3 is 3.00 bits per heavy atom. The first-order valence-electron chi connectivity index (χ1n) is 5.71. The van der Waals surface area contributed by atoms with E-state index in [1.807, 2.05) is 0 Å². The standard InChI is InChI=1S/C12H16O4S/c1-15-8-3-2-4-9(7-8)17-11-6-5-10(16-11)12(13)14/h5-6,8-9H,2-4,7H2,1H3,(H,13,14). The lowest BCUT2D eigenvalue weighted by Gasteiger charge is -2.26. The van der Waals surface area contributed by atoms with Gasteiger partial charge in [0.05, 0.1) is 6.10 Å². The zero-order chi connectivity index (χ0) is 12.3. The number of hydrogen-bond donors (Lipinski definition) is 1. The minimum Gasteiger partial charge on any atom is -0.475 e. The number of ether oxygens (including phenoxy) is 1. The van der Waals surface area contributed by atoms with Gasteiger partial charge in [0.1, 0.15) is 0 Å². The molecule has 1 heterocycles. The molecule has 2 unspecified atom stereocenters. The van der Waals surface area contributed by atoms with Crippen LogP contribution in [0.15, 0.2) is 21.6 Å². The van der Waals surface area contributed by atoms with Crippen LogP contribution < -0.4 is 0 Å². The second kappa shape index (κ2) is 5.60. The number of methoxy groups -OCH3 is 1. The summed E-state index contributed by atoms with van der Waals surface area (Å²) in [6.07, 6.45) is 4.74. The molecule has 0 spiro atoms. The lowest BCUT2D eigenvalue weighted by molar-refractivity contribution is 0.0655. The lowest BCUT2D eigenvalue weighted by atomic mass is 9.97. The molecular formula is C12H16O4S. The van der Waals surface area contributed by atoms with Crippen LogP contribution in [0.2, 0.25) is 0 Å². The van der Waals surface area contributed by atoms with Gasteiger partial charge in [0.25, 0.3) is 0 Å². The van der Waals surface area contributed by atoms with E-state index in [1.54, 1.807) is 24.9 Å². The average Bonchev–Trinajstić information content (AvgIpc) is 2.78. The molecule has 4 nitrogen and oxygen atoms in total. The van der Waals surface area contributed by atoms with E-state index >= 15 is 0 Å². The highest BCUT2D eigenvalue weighted by atomic mass is 32.2. The van der Waals surface area contributed by atoms with Crippen LogP contribution in [0, 0.1) is 0 Å². The fourth-order valence-electron chi connectivity index (χ4n) is 2.09. The second-order valence-corrected chi connectivity index (χ2v) is 5.49. The molecule has 0 radical (unpaired) electrons. The van der Waals surface area contributed by atoms with Crippen LogP contribution in [0.5, 0.6) is 0 Å². The first-order valence-corrected chi connectivity index (χ1v) is 6.59. The fourth-order valence-corrected chi connectivity index (χ4v) is 3.29. The van der Waals surface area contributed by atoms with Gasteiger partial charge in [0, 0.05) is 12.4 Å². The molecule has 1 aromatic rings. The van der Waals surface area contributed by atoms with Crippen molar-refractivity contribution in [3.63, 3.8) is 0 Å². The largest absolute Gasteiger partial charge is 0.475 e. The number of carbonyl (C=O) groups is 1. The van der Waals surface area contributed by atoms with Crippen molar-refractivity contribution in [1.82, 2.24) is 0 Å². The van der Waals surface area contributed by atoms with Crippen LogP contribution in [-0.2, 0) is 4.74 Å². The Bertz CT molecular complexity index is 388. The molecular weight excluding hydrogens is 240 g/mol. The molecule has 0 bridgehead atoms. The normalized spacial score (nSPS) is 24.8. The Kier molecular flexibility index (Phi) is 4.12. The zero-order valence-corrected chi connectivity index (χ0v) is 10.5. The van der Waals surface area contributed by atoms with E-state index < -0.39 is 5.97 Å². The van der Waals surface area contributed by atoms with Crippen molar-refractivity contribution < 1.29 is 19.1 Å². The molecule has 2 atom stereocenters. The summed E-state index contributed by atoms with van der Waals surface area (Å²) in [6.45, 7) is 0. The number of carboxylic acids is 1. The molecule has 1 saturated carbocycles. The maximum atomic E-state index is 10.7. The quantitative estimate of drug-likeness (QED) is 0.897. The van der Waals surface area contributed by atoms with Crippen molar-refractivity contribution in [1.29, 1.82) is 0 Å². The van der Waals surface area contributed by atoms with Crippen molar-refractivity contribution in [3.05, 3.63) is 17.9 Å². The molecule has 1 aromatic heterocycles. The number of aromatic carboxylic acids is 1. The molecule has 1 N–H and O–H groups in total. The molecule has 1 fully saturated rings. The van der Waals surface area contributed by atoms with Gasteiger partial charge in [-0.15, -0.1) is 0 Å². The minimum absolute atomic E-state index is 0.00611. The lowest BCUT2D eigenvalue weighted by Crippen LogP contribution is -2.23. The van der Waals surface area contributed by atoms with Crippen LogP contribution >= 0.6 is 11.8 Å². The molecule has 0 aromatic carbocycles. The van der Waals surface area contributed by atoms with Gasteiger partial charge in [0.2, 0.25) is 5.76 Å². The highest BCUT2D eigenvalue weighted by Gasteiger charge is 2.23. The molecule has 5 heteroatoms. The summed E-state index contributed by atoms with van der Waals surface area (Å²) in [5, 5.41) is 9.91. The van der Waals surface area contributed by atoms with Gasteiger partial charge >= 0.3 is 5.97 Å². The third kappa shape index (κ3) is 3.26. The number of thioether (sulfide) groups is 1. The van der Waals surface area contributed by atoms with E-state index in [0.29, 0.717) is 16.4 Å². The number of furan rings is 1. The SMILES string of the molecule is COC1CCCC(Sc2ccc(C(=O)O)o2)C1. The van der Waals surface area contributed by atoms with E-state index in [4.69, 9.17) is 14.3 Å². The Balaban J connectivity index is 1.93. The molecule has 1 aliphatic rings. The van der Waals surface area contributed by atoms with E-state index in [1.165, 1.54) is 6.07 Å². The summed E-state index contributed by atoms with van der Waals surface area (Å²) in [6, 6.07) is 3.23. The first kappa shape index (κ1) is 12.5. The molecule has 17 heavy (non-hydrogen) atoms. The molecule has 94 valence electrons. The summed E-state index contributed by atoms with van der Waals surface area (Å²) in [4.78, 5) is 10.7. The number of hydrogen-bond acceptors (Lipinski definition) is 4. The fraction of sp³-hybridized carbons (Fsp3) is 0.583. The van der Waals surface area contributed by atoms with Gasteiger partial charge in [0.15, 0.2) is 5.09 Å². The van der Waals surface area contributed by atoms with Gasteiger partial charge in [-0.05, 0) is 37.8 Å².